The molecule has 3 aliphatic rings. The second-order valence-electron chi connectivity index (χ2n) is 9.24. The van der Waals surface area contributed by atoms with Crippen molar-refractivity contribution in [3.8, 4) is 0 Å². The molecule has 1 saturated heterocycles. The van der Waals surface area contributed by atoms with E-state index in [2.05, 4.69) is 36.9 Å². The number of amides is 1. The summed E-state index contributed by atoms with van der Waals surface area (Å²) in [6, 6.07) is 1.80. The molecule has 2 fully saturated rings. The summed E-state index contributed by atoms with van der Waals surface area (Å²) in [7, 11) is 0. The molecule has 2 aliphatic carbocycles. The average molecular weight is 448 g/mol. The number of carbonyl (C=O) groups is 1. The molecule has 0 bridgehead atoms. The summed E-state index contributed by atoms with van der Waals surface area (Å²) in [4.78, 5) is 31.8. The van der Waals surface area contributed by atoms with E-state index < -0.39 is 0 Å². The Kier molecular flexibility index (Phi) is 5.20. The zero-order chi connectivity index (χ0) is 22.2. The van der Waals surface area contributed by atoms with Crippen LogP contribution in [0.2, 0.25) is 0 Å². The Hall–Kier alpha value is -3.43. The lowest BCUT2D eigenvalue weighted by Crippen LogP contribution is -2.41. The Labute approximate surface area is 192 Å². The van der Waals surface area contributed by atoms with Crippen LogP contribution in [0.4, 0.5) is 23.5 Å². The number of aryl methyl sites for hydroxylation is 1. The molecule has 0 radical (unpaired) electrons. The highest BCUT2D eigenvalue weighted by atomic mass is 16.2. The lowest BCUT2D eigenvalue weighted by atomic mass is 10.0. The van der Waals surface area contributed by atoms with Gasteiger partial charge in [0, 0.05) is 42.2 Å². The first-order chi connectivity index (χ1) is 16.2. The summed E-state index contributed by atoms with van der Waals surface area (Å²) in [6.45, 7) is 0.753. The second-order valence-corrected chi connectivity index (χ2v) is 9.24. The van der Waals surface area contributed by atoms with Crippen LogP contribution in [0, 0.1) is 0 Å². The fourth-order valence-electron chi connectivity index (χ4n) is 5.43. The molecule has 1 saturated carbocycles. The van der Waals surface area contributed by atoms with Crippen molar-refractivity contribution in [1.82, 2.24) is 30.1 Å². The van der Waals surface area contributed by atoms with Gasteiger partial charge in [0.2, 0.25) is 17.8 Å². The first-order valence-corrected chi connectivity index (χ1v) is 12.0. The van der Waals surface area contributed by atoms with Gasteiger partial charge in [-0.25, -0.2) is 9.97 Å². The summed E-state index contributed by atoms with van der Waals surface area (Å²) in [5.74, 6) is 3.17. The zero-order valence-corrected chi connectivity index (χ0v) is 18.6. The van der Waals surface area contributed by atoms with Crippen molar-refractivity contribution >= 4 is 29.4 Å². The van der Waals surface area contributed by atoms with Crippen molar-refractivity contribution in [2.45, 2.75) is 69.7 Å². The van der Waals surface area contributed by atoms with E-state index >= 15 is 0 Å². The van der Waals surface area contributed by atoms with Gasteiger partial charge in [-0.3, -0.25) is 15.2 Å². The van der Waals surface area contributed by atoms with Crippen molar-refractivity contribution < 1.29 is 4.79 Å². The van der Waals surface area contributed by atoms with E-state index in [9.17, 15) is 4.79 Å². The third-order valence-electron chi connectivity index (χ3n) is 7.11. The summed E-state index contributed by atoms with van der Waals surface area (Å²) in [5, 5.41) is 14.1. The van der Waals surface area contributed by atoms with E-state index in [1.165, 1.54) is 36.9 Å². The maximum atomic E-state index is 12.9. The molecule has 4 N–H and O–H groups in total. The predicted molar refractivity (Wildman–Crippen MR) is 125 cm³/mol. The van der Waals surface area contributed by atoms with Crippen LogP contribution in [-0.2, 0) is 17.6 Å². The topological polar surface area (TPSA) is 128 Å². The van der Waals surface area contributed by atoms with E-state index in [-0.39, 0.29) is 11.9 Å². The number of nitrogens with zero attached hydrogens (tertiary/aromatic N) is 5. The molecule has 1 amide bonds. The summed E-state index contributed by atoms with van der Waals surface area (Å²) in [5.41, 5.74) is 3.45. The molecule has 0 spiro atoms. The van der Waals surface area contributed by atoms with Crippen LogP contribution < -0.4 is 15.5 Å². The number of fused-ring (bicyclic) bond motifs is 1. The number of H-pyrrole nitrogens is 2. The molecule has 0 aromatic carbocycles. The quantitative estimate of drug-likeness (QED) is 0.456. The number of carbonyl (C=O) groups excluding carboxylic acids is 1. The summed E-state index contributed by atoms with van der Waals surface area (Å²) in [6.07, 6.45) is 13.0. The van der Waals surface area contributed by atoms with E-state index in [1.807, 2.05) is 4.90 Å². The molecule has 0 unspecified atom stereocenters. The molecular formula is C23H29N9O. The molecule has 172 valence electrons. The minimum atomic E-state index is -0.318. The molecular weight excluding hydrogens is 418 g/mol. The number of anilines is 4. The van der Waals surface area contributed by atoms with Gasteiger partial charge in [0.05, 0.1) is 5.69 Å². The molecule has 3 aromatic rings. The summed E-state index contributed by atoms with van der Waals surface area (Å²) >= 11 is 0. The minimum absolute atomic E-state index is 0.0884. The molecule has 10 nitrogen and oxygen atoms in total. The number of hydrogen-bond donors (Lipinski definition) is 4. The molecule has 1 aliphatic heterocycles. The monoisotopic (exact) mass is 447 g/mol. The largest absolute Gasteiger partial charge is 0.331 e. The SMILES string of the molecule is O=C(Nc1ncc[nH]1)[C@H]1CCCN1c1nc2c(c(Nc3cc(C4CCCC4)[nH]n3)n1)CCC2. The molecule has 6 rings (SSSR count). The van der Waals surface area contributed by atoms with Gasteiger partial charge in [-0.05, 0) is 44.9 Å². The van der Waals surface area contributed by atoms with E-state index in [0.717, 1.165) is 56.0 Å². The predicted octanol–water partition coefficient (Wildman–Crippen LogP) is 3.42. The number of aromatic amines is 2. The fourth-order valence-corrected chi connectivity index (χ4v) is 5.43. The second kappa shape index (κ2) is 8.49. The van der Waals surface area contributed by atoms with Crippen LogP contribution >= 0.6 is 0 Å². The first-order valence-electron chi connectivity index (χ1n) is 12.0. The van der Waals surface area contributed by atoms with Gasteiger partial charge in [0.15, 0.2) is 5.82 Å². The van der Waals surface area contributed by atoms with Crippen molar-refractivity contribution in [1.29, 1.82) is 0 Å². The zero-order valence-electron chi connectivity index (χ0n) is 18.6. The van der Waals surface area contributed by atoms with Crippen LogP contribution in [0.1, 0.15) is 67.8 Å². The van der Waals surface area contributed by atoms with Gasteiger partial charge in [-0.2, -0.15) is 10.1 Å². The first kappa shape index (κ1) is 20.2. The van der Waals surface area contributed by atoms with Crippen molar-refractivity contribution in [2.24, 2.45) is 0 Å². The van der Waals surface area contributed by atoms with Gasteiger partial charge in [0.1, 0.15) is 11.9 Å². The Morgan fingerprint density at radius 3 is 2.85 bits per heavy atom. The number of hydrogen-bond acceptors (Lipinski definition) is 7. The smallest absolute Gasteiger partial charge is 0.249 e. The summed E-state index contributed by atoms with van der Waals surface area (Å²) < 4.78 is 0. The lowest BCUT2D eigenvalue weighted by Gasteiger charge is -2.24. The normalized spacial score (nSPS) is 20.4. The van der Waals surface area contributed by atoms with Gasteiger partial charge in [0.25, 0.3) is 0 Å². The number of imidazole rings is 1. The van der Waals surface area contributed by atoms with Gasteiger partial charge in [-0.1, -0.05) is 12.8 Å². The molecule has 3 aromatic heterocycles. The van der Waals surface area contributed by atoms with Crippen LogP contribution in [0.15, 0.2) is 18.5 Å². The van der Waals surface area contributed by atoms with E-state index in [1.54, 1.807) is 12.4 Å². The Morgan fingerprint density at radius 2 is 2.00 bits per heavy atom. The third kappa shape index (κ3) is 3.94. The highest BCUT2D eigenvalue weighted by molar-refractivity contribution is 5.95. The van der Waals surface area contributed by atoms with Crippen molar-refractivity contribution in [3.05, 3.63) is 35.4 Å². The number of aromatic nitrogens is 6. The van der Waals surface area contributed by atoms with Crippen LogP contribution in [0.3, 0.4) is 0 Å². The Morgan fingerprint density at radius 1 is 1.09 bits per heavy atom. The van der Waals surface area contributed by atoms with E-state index in [0.29, 0.717) is 17.8 Å². The highest BCUT2D eigenvalue weighted by Gasteiger charge is 2.34. The standard InChI is InChI=1S/C23H29N9O/c33-21(29-22-24-10-11-25-22)18-9-4-12-32(18)23-26-16-8-3-7-15(16)20(28-23)27-19-13-17(30-31-19)14-5-1-2-6-14/h10-11,13-14,18H,1-9,12H2,(H2,24,25,29,33)(H2,26,27,28,30,31)/t18-/m1/s1. The maximum absolute atomic E-state index is 12.9. The van der Waals surface area contributed by atoms with Crippen LogP contribution in [0.25, 0.3) is 0 Å². The molecule has 1 atom stereocenters. The molecule has 33 heavy (non-hydrogen) atoms. The van der Waals surface area contributed by atoms with Gasteiger partial charge < -0.3 is 15.2 Å². The number of nitrogens with one attached hydrogen (secondary N) is 4. The minimum Gasteiger partial charge on any atom is -0.331 e. The van der Waals surface area contributed by atoms with Crippen molar-refractivity contribution in [3.63, 3.8) is 0 Å². The van der Waals surface area contributed by atoms with Gasteiger partial charge in [-0.15, -0.1) is 0 Å². The fraction of sp³-hybridized carbons (Fsp3) is 0.522. The van der Waals surface area contributed by atoms with Crippen LogP contribution in [-0.4, -0.2) is 48.6 Å². The maximum Gasteiger partial charge on any atom is 0.249 e. The molecule has 10 heteroatoms. The highest BCUT2D eigenvalue weighted by Crippen LogP contribution is 2.35. The van der Waals surface area contributed by atoms with E-state index in [4.69, 9.17) is 9.97 Å². The van der Waals surface area contributed by atoms with Crippen molar-refractivity contribution in [2.75, 3.05) is 22.1 Å². The molecule has 4 heterocycles. The Balaban J connectivity index is 1.25. The number of rotatable bonds is 6. The van der Waals surface area contributed by atoms with Gasteiger partial charge >= 0.3 is 0 Å². The average Bonchev–Trinajstić information content (AvgIpc) is 3.64. The van der Waals surface area contributed by atoms with Crippen LogP contribution in [0.5, 0.6) is 0 Å². The third-order valence-corrected chi connectivity index (χ3v) is 7.11. The lowest BCUT2D eigenvalue weighted by molar-refractivity contribution is -0.117. The Bertz CT molecular complexity index is 1130.